The van der Waals surface area contributed by atoms with Crippen LogP contribution in [0.15, 0.2) is 70.4 Å². The van der Waals surface area contributed by atoms with E-state index in [1.54, 1.807) is 19.9 Å². The van der Waals surface area contributed by atoms with Gasteiger partial charge in [-0.25, -0.2) is 0 Å². The van der Waals surface area contributed by atoms with Crippen LogP contribution in [0.1, 0.15) is 48.0 Å². The van der Waals surface area contributed by atoms with Crippen LogP contribution in [0, 0.1) is 17.3 Å². The van der Waals surface area contributed by atoms with Crippen molar-refractivity contribution < 1.29 is 14.7 Å². The Hall–Kier alpha value is -2.70. The molecule has 1 N–H and O–H groups in total. The Morgan fingerprint density at radius 3 is 2.29 bits per heavy atom. The second-order valence-electron chi connectivity index (χ2n) is 7.75. The number of carbonyl (C=O) groups excluding carboxylic acids is 2. The maximum absolute atomic E-state index is 12.0. The molecule has 0 bridgehead atoms. The normalized spacial score (nSPS) is 21.3. The number of carbonyl (C=O) groups is 2. The van der Waals surface area contributed by atoms with Crippen LogP contribution in [-0.2, 0) is 9.59 Å². The Morgan fingerprint density at radius 2 is 1.68 bits per heavy atom. The van der Waals surface area contributed by atoms with Crippen molar-refractivity contribution in [3.63, 3.8) is 0 Å². The van der Waals surface area contributed by atoms with Crippen LogP contribution >= 0.6 is 0 Å². The fourth-order valence-electron chi connectivity index (χ4n) is 2.88. The number of Topliss-reactive ketones (excluding diaryl/α,β-unsaturated/α-hetero) is 1. The highest BCUT2D eigenvalue weighted by Gasteiger charge is 2.37. The van der Waals surface area contributed by atoms with E-state index < -0.39 is 6.10 Å². The Bertz CT molecular complexity index is 859. The van der Waals surface area contributed by atoms with Crippen LogP contribution in [0.2, 0.25) is 0 Å². The predicted molar refractivity (Wildman–Crippen MR) is 116 cm³/mol. The first-order chi connectivity index (χ1) is 13.1. The molecule has 0 aromatic carbocycles. The van der Waals surface area contributed by atoms with Gasteiger partial charge >= 0.3 is 0 Å². The summed E-state index contributed by atoms with van der Waals surface area (Å²) in [5, 5.41) is 9.88. The molecular formula is C25H30O3. The van der Waals surface area contributed by atoms with Crippen molar-refractivity contribution in [3.8, 4) is 11.8 Å². The Kier molecular flexibility index (Phi) is 8.82. The minimum Gasteiger partial charge on any atom is -0.385 e. The minimum absolute atomic E-state index is 0.225. The van der Waals surface area contributed by atoms with Gasteiger partial charge in [0, 0.05) is 16.6 Å². The number of rotatable bonds is 5. The summed E-state index contributed by atoms with van der Waals surface area (Å²) in [7, 11) is 0. The number of hydrogen-bond donors (Lipinski definition) is 1. The van der Waals surface area contributed by atoms with Crippen LogP contribution in [0.3, 0.4) is 0 Å². The molecule has 0 heterocycles. The molecule has 0 amide bonds. The van der Waals surface area contributed by atoms with Gasteiger partial charge in [0.05, 0.1) is 0 Å². The predicted octanol–water partition coefficient (Wildman–Crippen LogP) is 4.82. The van der Waals surface area contributed by atoms with Crippen molar-refractivity contribution >= 4 is 12.1 Å². The monoisotopic (exact) mass is 378 g/mol. The van der Waals surface area contributed by atoms with Gasteiger partial charge in [-0.05, 0) is 45.3 Å². The van der Waals surface area contributed by atoms with Crippen molar-refractivity contribution in [2.75, 3.05) is 0 Å². The molecule has 1 aliphatic carbocycles. The van der Waals surface area contributed by atoms with E-state index in [4.69, 9.17) is 0 Å². The lowest BCUT2D eigenvalue weighted by Crippen LogP contribution is -2.35. The average molecular weight is 379 g/mol. The van der Waals surface area contributed by atoms with Crippen LogP contribution in [0.4, 0.5) is 0 Å². The molecule has 0 saturated carbocycles. The molecular weight excluding hydrogens is 348 g/mol. The molecule has 1 unspecified atom stereocenters. The largest absolute Gasteiger partial charge is 0.385 e. The van der Waals surface area contributed by atoms with Crippen molar-refractivity contribution in [1.29, 1.82) is 0 Å². The first-order valence-electron chi connectivity index (χ1n) is 9.36. The molecule has 1 rings (SSSR count). The highest BCUT2D eigenvalue weighted by Crippen LogP contribution is 2.38. The third-order valence-electron chi connectivity index (χ3n) is 4.53. The Balaban J connectivity index is 2.87. The number of aliphatic hydroxyl groups excluding tert-OH is 1. The van der Waals surface area contributed by atoms with E-state index in [0.29, 0.717) is 17.6 Å². The van der Waals surface area contributed by atoms with E-state index in [0.717, 1.165) is 23.0 Å². The molecule has 0 fully saturated rings. The van der Waals surface area contributed by atoms with Crippen molar-refractivity contribution in [2.24, 2.45) is 5.41 Å². The smallest absolute Gasteiger partial charge is 0.187 e. The molecule has 1 atom stereocenters. The molecule has 0 aromatic rings. The van der Waals surface area contributed by atoms with Crippen molar-refractivity contribution in [1.82, 2.24) is 0 Å². The molecule has 3 nitrogen and oxygen atoms in total. The summed E-state index contributed by atoms with van der Waals surface area (Å²) >= 11 is 0. The summed E-state index contributed by atoms with van der Waals surface area (Å²) in [4.78, 5) is 22.5. The molecule has 0 aliphatic heterocycles. The maximum Gasteiger partial charge on any atom is 0.187 e. The first kappa shape index (κ1) is 23.3. The topological polar surface area (TPSA) is 54.4 Å². The van der Waals surface area contributed by atoms with Crippen molar-refractivity contribution in [2.45, 2.75) is 54.1 Å². The molecule has 0 spiro atoms. The Labute approximate surface area is 168 Å². The van der Waals surface area contributed by atoms with Gasteiger partial charge in [-0.3, -0.25) is 9.59 Å². The second-order valence-corrected chi connectivity index (χ2v) is 7.75. The minimum atomic E-state index is -0.929. The van der Waals surface area contributed by atoms with E-state index >= 15 is 0 Å². The van der Waals surface area contributed by atoms with Gasteiger partial charge in [-0.1, -0.05) is 73.8 Å². The number of aliphatic hydroxyl groups is 1. The summed E-state index contributed by atoms with van der Waals surface area (Å²) in [6.45, 7) is 11.4. The maximum atomic E-state index is 12.0. The lowest BCUT2D eigenvalue weighted by molar-refractivity contribution is -0.125. The summed E-state index contributed by atoms with van der Waals surface area (Å²) in [6, 6.07) is 0. The van der Waals surface area contributed by atoms with Gasteiger partial charge in [0.2, 0.25) is 0 Å². The summed E-state index contributed by atoms with van der Waals surface area (Å²) in [5.74, 6) is 6.03. The van der Waals surface area contributed by atoms with E-state index in [-0.39, 0.29) is 11.2 Å². The second kappa shape index (κ2) is 10.6. The number of aldehydes is 1. The van der Waals surface area contributed by atoms with E-state index in [9.17, 15) is 14.7 Å². The zero-order valence-electron chi connectivity index (χ0n) is 17.7. The third kappa shape index (κ3) is 7.13. The van der Waals surface area contributed by atoms with E-state index in [1.165, 1.54) is 0 Å². The van der Waals surface area contributed by atoms with Crippen LogP contribution in [0.5, 0.6) is 0 Å². The summed E-state index contributed by atoms with van der Waals surface area (Å²) < 4.78 is 0. The SMILES string of the molecule is CC1=C(C#C\C(C)=C/C=C/C(C)=C/C=C/C=C(\C)C=O)C(C)(C)CC(O)C1=O. The zero-order valence-corrected chi connectivity index (χ0v) is 17.7. The lowest BCUT2D eigenvalue weighted by Gasteiger charge is -2.33. The fraction of sp³-hybridized carbons (Fsp3) is 0.360. The van der Waals surface area contributed by atoms with Crippen LogP contribution in [-0.4, -0.2) is 23.3 Å². The van der Waals surface area contributed by atoms with E-state index in [1.807, 2.05) is 64.2 Å². The van der Waals surface area contributed by atoms with Crippen molar-refractivity contribution in [3.05, 3.63) is 70.4 Å². The molecule has 0 aromatic heterocycles. The quantitative estimate of drug-likeness (QED) is 0.323. The van der Waals surface area contributed by atoms with Gasteiger partial charge < -0.3 is 5.11 Å². The van der Waals surface area contributed by atoms with Crippen LogP contribution < -0.4 is 0 Å². The lowest BCUT2D eigenvalue weighted by atomic mass is 9.71. The molecule has 0 saturated heterocycles. The van der Waals surface area contributed by atoms with Gasteiger partial charge in [0.25, 0.3) is 0 Å². The number of hydrogen-bond acceptors (Lipinski definition) is 3. The highest BCUT2D eigenvalue weighted by atomic mass is 16.3. The number of ketones is 1. The Morgan fingerprint density at radius 1 is 1.07 bits per heavy atom. The van der Waals surface area contributed by atoms with E-state index in [2.05, 4.69) is 11.8 Å². The third-order valence-corrected chi connectivity index (χ3v) is 4.53. The number of allylic oxidation sites excluding steroid dienone is 11. The standard InChI is InChI=1S/C25H30O3/c1-18(10-7-8-11-20(3)17-26)12-9-13-19(2)14-15-22-21(4)24(28)23(27)16-25(22,5)6/h7-13,17,23,27H,16H2,1-6H3/b8-7+,12-9+,18-10+,19-13-,20-11+. The first-order valence-corrected chi connectivity index (χ1v) is 9.36. The fourth-order valence-corrected chi connectivity index (χ4v) is 2.88. The van der Waals surface area contributed by atoms with Gasteiger partial charge in [-0.15, -0.1) is 0 Å². The molecule has 3 heteroatoms. The molecule has 0 radical (unpaired) electrons. The molecule has 148 valence electrons. The zero-order chi connectivity index (χ0) is 21.3. The summed E-state index contributed by atoms with van der Waals surface area (Å²) in [5.41, 5.74) is 3.68. The van der Waals surface area contributed by atoms with Gasteiger partial charge in [0.15, 0.2) is 5.78 Å². The molecule has 1 aliphatic rings. The highest BCUT2D eigenvalue weighted by molar-refractivity contribution is 6.00. The van der Waals surface area contributed by atoms with Crippen LogP contribution in [0.25, 0.3) is 0 Å². The average Bonchev–Trinajstić information content (AvgIpc) is 2.62. The summed E-state index contributed by atoms with van der Waals surface area (Å²) in [6.07, 6.45) is 13.5. The van der Waals surface area contributed by atoms with Gasteiger partial charge in [0.1, 0.15) is 12.4 Å². The molecule has 28 heavy (non-hydrogen) atoms. The van der Waals surface area contributed by atoms with Gasteiger partial charge in [-0.2, -0.15) is 0 Å².